The first-order chi connectivity index (χ1) is 16.6. The summed E-state index contributed by atoms with van der Waals surface area (Å²) in [5.41, 5.74) is 2.11. The zero-order valence-electron chi connectivity index (χ0n) is 21.7. The first kappa shape index (κ1) is 26.3. The number of hydrogen-bond acceptors (Lipinski definition) is 3. The summed E-state index contributed by atoms with van der Waals surface area (Å²) >= 11 is 0. The molecule has 5 heteroatoms. The van der Waals surface area contributed by atoms with Crippen LogP contribution in [0.15, 0.2) is 18.5 Å². The number of unbranched alkanes of at least 4 members (excludes halogenated alkanes) is 12. The van der Waals surface area contributed by atoms with Gasteiger partial charge < -0.3 is 0 Å². The van der Waals surface area contributed by atoms with Gasteiger partial charge >= 0.3 is 0 Å². The number of imidazole rings is 1. The minimum absolute atomic E-state index is 0.0311. The second-order valence-electron chi connectivity index (χ2n) is 9.87. The molecular weight excluding hydrogens is 422 g/mol. The molecule has 2 aromatic rings. The average Bonchev–Trinajstić information content (AvgIpc) is 3.13. The minimum Gasteiger partial charge on any atom is -0.284 e. The molecule has 0 saturated heterocycles. The highest BCUT2D eigenvalue weighted by atomic mass is 16.1. The summed E-state index contributed by atoms with van der Waals surface area (Å²) in [7, 11) is 0. The highest BCUT2D eigenvalue weighted by Gasteiger charge is 2.42. The topological polar surface area (TPSA) is 55.8 Å². The molecule has 0 saturated carbocycles. The van der Waals surface area contributed by atoms with Crippen molar-refractivity contribution in [3.63, 3.8) is 0 Å². The third-order valence-electron chi connectivity index (χ3n) is 7.26. The Morgan fingerprint density at radius 2 is 1.35 bits per heavy atom. The summed E-state index contributed by atoms with van der Waals surface area (Å²) in [6.07, 6.45) is 20.4. The van der Waals surface area contributed by atoms with Crippen molar-refractivity contribution >= 4 is 11.6 Å². The Bertz CT molecular complexity index is 886. The first-order valence-corrected chi connectivity index (χ1v) is 13.8. The van der Waals surface area contributed by atoms with E-state index < -0.39 is 0 Å². The van der Waals surface area contributed by atoms with E-state index in [-0.39, 0.29) is 11.6 Å². The van der Waals surface area contributed by atoms with Crippen LogP contribution in [0.1, 0.15) is 142 Å². The van der Waals surface area contributed by atoms with Gasteiger partial charge in [-0.05, 0) is 31.7 Å². The molecule has 0 aromatic carbocycles. The fraction of sp³-hybridized carbons (Fsp3) is 0.655. The van der Waals surface area contributed by atoms with Crippen molar-refractivity contribution in [2.45, 2.75) is 124 Å². The van der Waals surface area contributed by atoms with Gasteiger partial charge in [-0.1, -0.05) is 78.1 Å². The van der Waals surface area contributed by atoms with E-state index in [0.717, 1.165) is 44.6 Å². The first-order valence-electron chi connectivity index (χ1n) is 13.8. The zero-order chi connectivity index (χ0) is 24.3. The molecule has 0 fully saturated rings. The summed E-state index contributed by atoms with van der Waals surface area (Å²) < 4.78 is 4.25. The third kappa shape index (κ3) is 6.22. The lowest BCUT2D eigenvalue weighted by molar-refractivity contribution is -0.704. The van der Waals surface area contributed by atoms with Crippen LogP contribution in [0.25, 0.3) is 0 Å². The van der Waals surface area contributed by atoms with Crippen LogP contribution in [0.5, 0.6) is 0 Å². The van der Waals surface area contributed by atoms with Crippen molar-refractivity contribution in [3.05, 3.63) is 46.8 Å². The molecule has 0 spiro atoms. The molecule has 2 heterocycles. The van der Waals surface area contributed by atoms with Crippen molar-refractivity contribution < 1.29 is 14.2 Å². The molecular formula is C29H44N3O2+. The number of hydrogen-bond donors (Lipinski definition) is 0. The highest BCUT2D eigenvalue weighted by Crippen LogP contribution is 2.27. The van der Waals surface area contributed by atoms with E-state index >= 15 is 0 Å². The average molecular weight is 467 g/mol. The lowest BCUT2D eigenvalue weighted by Gasteiger charge is -2.12. The van der Waals surface area contributed by atoms with Gasteiger partial charge in [-0.2, -0.15) is 0 Å². The summed E-state index contributed by atoms with van der Waals surface area (Å²) in [4.78, 5) is 31.1. The summed E-state index contributed by atoms with van der Waals surface area (Å²) in [5, 5.41) is 0. The van der Waals surface area contributed by atoms with E-state index in [0.29, 0.717) is 22.5 Å². The Hall–Kier alpha value is -2.30. The van der Waals surface area contributed by atoms with Crippen LogP contribution in [-0.2, 0) is 13.1 Å². The second-order valence-corrected chi connectivity index (χ2v) is 9.87. The van der Waals surface area contributed by atoms with Crippen molar-refractivity contribution in [2.75, 3.05) is 0 Å². The second kappa shape index (κ2) is 13.6. The van der Waals surface area contributed by atoms with Crippen molar-refractivity contribution in [1.82, 2.24) is 9.55 Å². The van der Waals surface area contributed by atoms with E-state index in [1.165, 1.54) is 64.2 Å². The van der Waals surface area contributed by atoms with Crippen LogP contribution in [0.3, 0.4) is 0 Å². The molecule has 186 valence electrons. The number of ketones is 2. The molecule has 2 aromatic heterocycles. The molecule has 0 N–H and O–H groups in total. The molecule has 0 radical (unpaired) electrons. The molecule has 34 heavy (non-hydrogen) atoms. The van der Waals surface area contributed by atoms with Gasteiger partial charge in [0.2, 0.25) is 23.0 Å². The van der Waals surface area contributed by atoms with Crippen LogP contribution >= 0.6 is 0 Å². The van der Waals surface area contributed by atoms with E-state index in [1.54, 1.807) is 18.5 Å². The van der Waals surface area contributed by atoms with E-state index in [4.69, 9.17) is 0 Å². The molecule has 1 aliphatic rings. The maximum absolute atomic E-state index is 13.5. The quantitative estimate of drug-likeness (QED) is 0.173. The predicted molar refractivity (Wildman–Crippen MR) is 136 cm³/mol. The fourth-order valence-corrected chi connectivity index (χ4v) is 5.21. The van der Waals surface area contributed by atoms with Gasteiger partial charge in [0, 0.05) is 24.9 Å². The molecule has 0 bridgehead atoms. The largest absolute Gasteiger partial charge is 0.284 e. The molecule has 0 aliphatic heterocycles. The molecule has 1 aliphatic carbocycles. The number of carbonyl (C=O) groups excluding carboxylic acids is 2. The van der Waals surface area contributed by atoms with Crippen LogP contribution in [0.4, 0.5) is 0 Å². The molecule has 0 atom stereocenters. The van der Waals surface area contributed by atoms with Crippen molar-refractivity contribution in [2.24, 2.45) is 0 Å². The minimum atomic E-state index is -0.0536. The smallest absolute Gasteiger partial charge is 0.254 e. The van der Waals surface area contributed by atoms with Crippen LogP contribution in [-0.4, -0.2) is 21.1 Å². The molecule has 5 nitrogen and oxygen atoms in total. The summed E-state index contributed by atoms with van der Waals surface area (Å²) in [6, 6.07) is 1.69. The Labute approximate surface area is 206 Å². The maximum atomic E-state index is 13.5. The third-order valence-corrected chi connectivity index (χ3v) is 7.26. The molecule has 0 unspecified atom stereocenters. The van der Waals surface area contributed by atoms with Gasteiger partial charge in [-0.15, -0.1) is 0 Å². The lowest BCUT2D eigenvalue weighted by atomic mass is 9.91. The maximum Gasteiger partial charge on any atom is 0.254 e. The van der Waals surface area contributed by atoms with E-state index in [2.05, 4.69) is 34.9 Å². The number of fused-ring (bicyclic) bond motifs is 2. The molecule has 3 rings (SSSR count). The number of pyridine rings is 1. The van der Waals surface area contributed by atoms with Crippen molar-refractivity contribution in [3.8, 4) is 0 Å². The van der Waals surface area contributed by atoms with E-state index in [9.17, 15) is 9.59 Å². The number of rotatable bonds is 16. The van der Waals surface area contributed by atoms with Crippen molar-refractivity contribution in [1.29, 1.82) is 0 Å². The zero-order valence-corrected chi connectivity index (χ0v) is 21.7. The van der Waals surface area contributed by atoms with Gasteiger partial charge in [0.25, 0.3) is 5.82 Å². The van der Waals surface area contributed by atoms with Crippen LogP contribution in [0.2, 0.25) is 0 Å². The highest BCUT2D eigenvalue weighted by molar-refractivity contribution is 6.26. The Balaban J connectivity index is 1.75. The summed E-state index contributed by atoms with van der Waals surface area (Å²) in [6.45, 7) is 8.15. The number of aromatic nitrogens is 3. The Morgan fingerprint density at radius 3 is 2.00 bits per heavy atom. The lowest BCUT2D eigenvalue weighted by Crippen LogP contribution is -2.43. The van der Waals surface area contributed by atoms with Crippen LogP contribution in [0, 0.1) is 6.92 Å². The number of nitrogens with zero attached hydrogens (tertiary/aromatic N) is 3. The van der Waals surface area contributed by atoms with Crippen LogP contribution < -0.4 is 4.57 Å². The predicted octanol–water partition coefficient (Wildman–Crippen LogP) is 6.76. The van der Waals surface area contributed by atoms with Gasteiger partial charge in [0.1, 0.15) is 0 Å². The number of carbonyl (C=O) groups is 2. The van der Waals surface area contributed by atoms with Gasteiger partial charge in [-0.3, -0.25) is 14.6 Å². The van der Waals surface area contributed by atoms with Gasteiger partial charge in [0.15, 0.2) is 0 Å². The Morgan fingerprint density at radius 1 is 0.765 bits per heavy atom. The summed E-state index contributed by atoms with van der Waals surface area (Å²) in [5.74, 6) is 0.947. The monoisotopic (exact) mass is 466 g/mol. The Kier molecular flexibility index (Phi) is 10.5. The fourth-order valence-electron chi connectivity index (χ4n) is 5.21. The SMILES string of the molecule is CCCCCCCCCn1c2c([n+](CCCCCCCCC)c1C)C(=O)c1ccncc1C2=O. The standard InChI is InChI=1S/C29H44N3O2/c1-4-6-8-10-12-14-16-20-31-23(3)32(21-17-15-13-11-9-7-5-2)27-26(31)28(33)24-18-19-30-22-25(24)29(27)34/h18-19,22H,4-17,20-21H2,1-3H3/q+1. The molecule has 0 amide bonds. The normalized spacial score (nSPS) is 12.8. The van der Waals surface area contributed by atoms with E-state index in [1.807, 2.05) is 0 Å². The van der Waals surface area contributed by atoms with Gasteiger partial charge in [0.05, 0.1) is 18.7 Å². The van der Waals surface area contributed by atoms with Gasteiger partial charge in [-0.25, -0.2) is 9.13 Å².